The first kappa shape index (κ1) is 62.2. The van der Waals surface area contributed by atoms with E-state index in [2.05, 4.69) is 156 Å². The summed E-state index contributed by atoms with van der Waals surface area (Å²) >= 11 is 0. The number of hydrogen-bond acceptors (Lipinski definition) is 4. The summed E-state index contributed by atoms with van der Waals surface area (Å²) < 4.78 is 23.9. The molecule has 0 saturated carbocycles. The second kappa shape index (κ2) is 36.9. The van der Waals surface area contributed by atoms with Crippen LogP contribution in [0.4, 0.5) is 0 Å². The summed E-state index contributed by atoms with van der Waals surface area (Å²) in [6.45, 7) is 27.4. The van der Waals surface area contributed by atoms with Crippen LogP contribution in [0, 0.1) is 6.92 Å². The minimum absolute atomic E-state index is 0.437. The SMILES string of the molecule is COc1c(C/C=C(\C)CC/C=C(\C)CC/C=C(\C)CC/C=C(\C)CC/C=C(\C)CC/C=C(\C)CC/C=C(\C)CC/C=C(\C)CC/C=C(\C)CCC=C(C)C)c(C)c(OCc2ccccc2)c(OC)c1OC. The number of allylic oxidation sites excluding steroid dienone is 20. The molecule has 0 aliphatic carbocycles. The molecular formula is C67H100O4. The van der Waals surface area contributed by atoms with Gasteiger partial charge in [0.05, 0.1) is 21.3 Å². The lowest BCUT2D eigenvalue weighted by atomic mass is 9.99. The van der Waals surface area contributed by atoms with E-state index in [0.29, 0.717) is 36.0 Å². The Morgan fingerprint density at radius 2 is 0.634 bits per heavy atom. The minimum atomic E-state index is 0.437. The van der Waals surface area contributed by atoms with Gasteiger partial charge in [-0.15, -0.1) is 0 Å². The minimum Gasteiger partial charge on any atom is -0.492 e. The summed E-state index contributed by atoms with van der Waals surface area (Å²) in [5.74, 6) is 2.49. The molecule has 0 atom stereocenters. The van der Waals surface area contributed by atoms with Crippen molar-refractivity contribution in [2.45, 2.75) is 212 Å². The number of hydrogen-bond donors (Lipinski definition) is 0. The van der Waals surface area contributed by atoms with Crippen molar-refractivity contribution in [1.29, 1.82) is 0 Å². The Bertz CT molecular complexity index is 2190. The average molecular weight is 970 g/mol. The predicted octanol–water partition coefficient (Wildman–Crippen LogP) is 20.6. The van der Waals surface area contributed by atoms with Gasteiger partial charge in [-0.1, -0.05) is 147 Å². The van der Waals surface area contributed by atoms with Crippen molar-refractivity contribution in [3.63, 3.8) is 0 Å². The Morgan fingerprint density at radius 3 is 0.930 bits per heavy atom. The maximum absolute atomic E-state index is 6.36. The average Bonchev–Trinajstić information content (AvgIpc) is 3.33. The zero-order chi connectivity index (χ0) is 52.4. The van der Waals surface area contributed by atoms with Crippen LogP contribution in [0.2, 0.25) is 0 Å². The van der Waals surface area contributed by atoms with Crippen molar-refractivity contribution in [2.24, 2.45) is 0 Å². The Morgan fingerprint density at radius 1 is 0.352 bits per heavy atom. The van der Waals surface area contributed by atoms with Crippen LogP contribution in [0.3, 0.4) is 0 Å². The topological polar surface area (TPSA) is 36.9 Å². The van der Waals surface area contributed by atoms with Crippen molar-refractivity contribution in [3.05, 3.63) is 164 Å². The van der Waals surface area contributed by atoms with Crippen molar-refractivity contribution < 1.29 is 18.9 Å². The molecule has 4 nitrogen and oxygen atoms in total. The summed E-state index contributed by atoms with van der Waals surface area (Å²) in [5.41, 5.74) is 18.0. The van der Waals surface area contributed by atoms with Crippen LogP contribution in [-0.4, -0.2) is 21.3 Å². The second-order valence-electron chi connectivity index (χ2n) is 20.6. The first-order chi connectivity index (χ1) is 34.1. The third-order valence-corrected chi connectivity index (χ3v) is 13.5. The van der Waals surface area contributed by atoms with Crippen molar-refractivity contribution in [3.8, 4) is 23.0 Å². The van der Waals surface area contributed by atoms with Gasteiger partial charge < -0.3 is 18.9 Å². The molecule has 0 aliphatic rings. The Kier molecular flexibility index (Phi) is 32.3. The first-order valence-electron chi connectivity index (χ1n) is 27.1. The zero-order valence-corrected chi connectivity index (χ0v) is 47.9. The van der Waals surface area contributed by atoms with E-state index in [9.17, 15) is 0 Å². The molecule has 0 radical (unpaired) electrons. The largest absolute Gasteiger partial charge is 0.492 e. The van der Waals surface area contributed by atoms with Gasteiger partial charge in [0, 0.05) is 11.1 Å². The molecule has 0 aliphatic heterocycles. The summed E-state index contributed by atoms with van der Waals surface area (Å²) in [7, 11) is 4.97. The van der Waals surface area contributed by atoms with E-state index in [1.807, 2.05) is 18.2 Å². The van der Waals surface area contributed by atoms with Gasteiger partial charge in [0.1, 0.15) is 6.61 Å². The summed E-state index contributed by atoms with van der Waals surface area (Å²) in [4.78, 5) is 0. The van der Waals surface area contributed by atoms with Gasteiger partial charge >= 0.3 is 0 Å². The van der Waals surface area contributed by atoms with Gasteiger partial charge in [-0.05, 0) is 211 Å². The molecule has 0 bridgehead atoms. The van der Waals surface area contributed by atoms with E-state index < -0.39 is 0 Å². The summed E-state index contributed by atoms with van der Waals surface area (Å²) in [5, 5.41) is 0. The molecule has 2 rings (SSSR count). The summed E-state index contributed by atoms with van der Waals surface area (Å²) in [6, 6.07) is 10.2. The van der Waals surface area contributed by atoms with Crippen LogP contribution in [0.5, 0.6) is 23.0 Å². The molecular weight excluding hydrogens is 869 g/mol. The van der Waals surface area contributed by atoms with Gasteiger partial charge in [0.15, 0.2) is 11.5 Å². The molecule has 0 aromatic heterocycles. The Balaban J connectivity index is 1.69. The van der Waals surface area contributed by atoms with E-state index in [1.54, 1.807) is 21.3 Å². The van der Waals surface area contributed by atoms with Crippen LogP contribution < -0.4 is 18.9 Å². The maximum atomic E-state index is 6.36. The van der Waals surface area contributed by atoms with Gasteiger partial charge in [-0.25, -0.2) is 0 Å². The molecule has 71 heavy (non-hydrogen) atoms. The first-order valence-corrected chi connectivity index (χ1v) is 27.1. The molecule has 2 aromatic rings. The third-order valence-electron chi connectivity index (χ3n) is 13.5. The highest BCUT2D eigenvalue weighted by Crippen LogP contribution is 2.50. The molecule has 0 N–H and O–H groups in total. The standard InChI is InChI=1S/C67H100O4/c1-51(2)28-19-29-52(3)30-20-31-53(4)32-21-33-54(5)34-22-35-55(6)36-23-37-56(7)38-24-39-57(8)40-25-41-58(9)42-26-43-59(10)44-27-45-60(11)48-49-63-61(12)64(71-50-62-46-17-16-18-47-62)66(69-14)67(70-15)65(63)68-13/h16-18,28,30,32,34,36,38,40,42,44,46-48H,19-27,29,31,33,35,37,39,41,43,45,49-50H2,1-15H3/b52-30+,53-32+,54-34+,55-36+,56-38+,57-40+,58-42+,59-44+,60-48+. The fraction of sp³-hybridized carbons (Fsp3) is 0.522. The Hall–Kier alpha value is -4.96. The molecule has 0 spiro atoms. The molecule has 0 saturated heterocycles. The van der Waals surface area contributed by atoms with Gasteiger partial charge in [0.25, 0.3) is 0 Å². The maximum Gasteiger partial charge on any atom is 0.207 e. The Labute approximate surface area is 436 Å². The summed E-state index contributed by atoms with van der Waals surface area (Å²) in [6.07, 6.45) is 45.4. The normalized spacial score (nSPS) is 13.8. The highest BCUT2D eigenvalue weighted by atomic mass is 16.5. The van der Waals surface area contributed by atoms with Gasteiger partial charge in [-0.2, -0.15) is 0 Å². The molecule has 392 valence electrons. The smallest absolute Gasteiger partial charge is 0.207 e. The number of methoxy groups -OCH3 is 3. The van der Waals surface area contributed by atoms with Crippen LogP contribution in [0.25, 0.3) is 0 Å². The lowest BCUT2D eigenvalue weighted by molar-refractivity contribution is 0.267. The molecule has 4 heteroatoms. The lowest BCUT2D eigenvalue weighted by Gasteiger charge is -2.22. The van der Waals surface area contributed by atoms with E-state index in [1.165, 1.54) is 81.4 Å². The monoisotopic (exact) mass is 969 g/mol. The van der Waals surface area contributed by atoms with Crippen LogP contribution >= 0.6 is 0 Å². The van der Waals surface area contributed by atoms with Gasteiger partial charge in [-0.3, -0.25) is 0 Å². The number of ether oxygens (including phenoxy) is 4. The third kappa shape index (κ3) is 27.4. The van der Waals surface area contributed by atoms with Crippen molar-refractivity contribution in [1.82, 2.24) is 0 Å². The molecule has 0 fully saturated rings. The fourth-order valence-electron chi connectivity index (χ4n) is 8.71. The predicted molar refractivity (Wildman–Crippen MR) is 312 cm³/mol. The van der Waals surface area contributed by atoms with Gasteiger partial charge in [0.2, 0.25) is 11.5 Å². The van der Waals surface area contributed by atoms with Crippen molar-refractivity contribution >= 4 is 0 Å². The number of rotatable bonds is 35. The van der Waals surface area contributed by atoms with E-state index in [-0.39, 0.29) is 0 Å². The molecule has 0 heterocycles. The lowest BCUT2D eigenvalue weighted by Crippen LogP contribution is -2.06. The molecule has 2 aromatic carbocycles. The highest BCUT2D eigenvalue weighted by Gasteiger charge is 2.25. The fourth-order valence-corrected chi connectivity index (χ4v) is 8.71. The highest BCUT2D eigenvalue weighted by molar-refractivity contribution is 5.67. The van der Waals surface area contributed by atoms with E-state index >= 15 is 0 Å². The second-order valence-corrected chi connectivity index (χ2v) is 20.6. The van der Waals surface area contributed by atoms with E-state index in [4.69, 9.17) is 18.9 Å². The quantitative estimate of drug-likeness (QED) is 0.0645. The molecule has 0 unspecified atom stereocenters. The van der Waals surface area contributed by atoms with Crippen LogP contribution in [0.1, 0.15) is 208 Å². The van der Waals surface area contributed by atoms with Crippen LogP contribution in [-0.2, 0) is 13.0 Å². The molecule has 0 amide bonds. The van der Waals surface area contributed by atoms with E-state index in [0.717, 1.165) is 107 Å². The zero-order valence-electron chi connectivity index (χ0n) is 47.9. The van der Waals surface area contributed by atoms with Crippen LogP contribution in [0.15, 0.2) is 147 Å². The number of benzene rings is 2. The van der Waals surface area contributed by atoms with Crippen molar-refractivity contribution in [2.75, 3.05) is 21.3 Å².